The van der Waals surface area contributed by atoms with Gasteiger partial charge in [-0.3, -0.25) is 4.90 Å². The molecule has 0 saturated carbocycles. The van der Waals surface area contributed by atoms with Gasteiger partial charge >= 0.3 is 0 Å². The molecule has 124 valence electrons. The summed E-state index contributed by atoms with van der Waals surface area (Å²) in [6.45, 7) is 6.69. The Labute approximate surface area is 144 Å². The first-order valence-electron chi connectivity index (χ1n) is 8.99. The Balaban J connectivity index is 1.75. The van der Waals surface area contributed by atoms with Gasteiger partial charge < -0.3 is 4.57 Å². The van der Waals surface area contributed by atoms with E-state index >= 15 is 0 Å². The molecule has 4 rings (SSSR count). The Kier molecular flexibility index (Phi) is 3.93. The third kappa shape index (κ3) is 2.55. The van der Waals surface area contributed by atoms with Gasteiger partial charge in [-0.05, 0) is 50.1 Å². The van der Waals surface area contributed by atoms with Gasteiger partial charge in [0.15, 0.2) is 0 Å². The Morgan fingerprint density at radius 3 is 2.62 bits per heavy atom. The molecule has 2 heteroatoms. The van der Waals surface area contributed by atoms with Crippen molar-refractivity contribution < 1.29 is 0 Å². The Morgan fingerprint density at radius 2 is 1.79 bits per heavy atom. The molecule has 2 heterocycles. The van der Waals surface area contributed by atoms with Crippen molar-refractivity contribution in [3.63, 3.8) is 0 Å². The summed E-state index contributed by atoms with van der Waals surface area (Å²) in [6, 6.07) is 18.3. The molecule has 0 fully saturated rings. The monoisotopic (exact) mass is 318 g/mol. The molecule has 1 aromatic heterocycles. The summed E-state index contributed by atoms with van der Waals surface area (Å²) >= 11 is 0. The van der Waals surface area contributed by atoms with E-state index in [9.17, 15) is 0 Å². The van der Waals surface area contributed by atoms with E-state index in [1.807, 2.05) is 0 Å². The van der Waals surface area contributed by atoms with Crippen molar-refractivity contribution in [3.05, 3.63) is 70.9 Å². The van der Waals surface area contributed by atoms with Crippen molar-refractivity contribution >= 4 is 10.9 Å². The molecule has 1 aliphatic rings. The predicted molar refractivity (Wildman–Crippen MR) is 101 cm³/mol. The summed E-state index contributed by atoms with van der Waals surface area (Å²) < 4.78 is 2.58. The summed E-state index contributed by atoms with van der Waals surface area (Å²) in [7, 11) is 2.24. The molecule has 24 heavy (non-hydrogen) atoms. The Hall–Kier alpha value is -2.06. The van der Waals surface area contributed by atoms with Crippen molar-refractivity contribution in [2.45, 2.75) is 45.8 Å². The number of fused-ring (bicyclic) bond motifs is 3. The highest BCUT2D eigenvalue weighted by molar-refractivity contribution is 5.85. The minimum absolute atomic E-state index is 0.610. The molecule has 0 spiro atoms. The van der Waals surface area contributed by atoms with E-state index < -0.39 is 0 Å². The number of aryl methyl sites for hydroxylation is 3. The number of hydrogen-bond acceptors (Lipinski definition) is 1. The fourth-order valence-corrected chi connectivity index (χ4v) is 4.06. The maximum atomic E-state index is 2.58. The fraction of sp³-hybridized carbons (Fsp3) is 0.364. The van der Waals surface area contributed by atoms with Crippen molar-refractivity contribution in [1.82, 2.24) is 9.47 Å². The van der Waals surface area contributed by atoms with Crippen LogP contribution in [-0.4, -0.2) is 22.6 Å². The molecule has 0 aliphatic carbocycles. The van der Waals surface area contributed by atoms with E-state index in [0.717, 1.165) is 25.9 Å². The lowest BCUT2D eigenvalue weighted by Crippen LogP contribution is -2.35. The quantitative estimate of drug-likeness (QED) is 0.687. The summed E-state index contributed by atoms with van der Waals surface area (Å²) in [5.41, 5.74) is 7.35. The third-order valence-electron chi connectivity index (χ3n) is 5.71. The number of benzene rings is 2. The SMILES string of the molecule is Cc1ccccc1CCn1c2c(c3ccccc31)CN(C)C(C)C2. The zero-order valence-corrected chi connectivity index (χ0v) is 14.9. The normalized spacial score (nSPS) is 18.0. The molecule has 3 aromatic rings. The van der Waals surface area contributed by atoms with Gasteiger partial charge in [-0.15, -0.1) is 0 Å². The number of likely N-dealkylation sites (N-methyl/N-ethyl adjacent to an activating group) is 1. The third-order valence-corrected chi connectivity index (χ3v) is 5.71. The number of hydrogen-bond donors (Lipinski definition) is 0. The smallest absolute Gasteiger partial charge is 0.0486 e. The molecular weight excluding hydrogens is 292 g/mol. The molecule has 0 saturated heterocycles. The molecule has 1 unspecified atom stereocenters. The van der Waals surface area contributed by atoms with E-state index in [2.05, 4.69) is 78.9 Å². The summed E-state index contributed by atoms with van der Waals surface area (Å²) in [6.07, 6.45) is 2.25. The second-order valence-electron chi connectivity index (χ2n) is 7.24. The van der Waals surface area contributed by atoms with Crippen LogP contribution in [0.3, 0.4) is 0 Å². The van der Waals surface area contributed by atoms with Gasteiger partial charge in [0.25, 0.3) is 0 Å². The molecule has 0 radical (unpaired) electrons. The van der Waals surface area contributed by atoms with E-state index in [1.54, 1.807) is 5.69 Å². The van der Waals surface area contributed by atoms with Crippen LogP contribution >= 0.6 is 0 Å². The maximum Gasteiger partial charge on any atom is 0.0486 e. The van der Waals surface area contributed by atoms with Crippen LogP contribution in [0, 0.1) is 6.92 Å². The first-order chi connectivity index (χ1) is 11.6. The van der Waals surface area contributed by atoms with Crippen LogP contribution in [0.1, 0.15) is 29.3 Å². The van der Waals surface area contributed by atoms with Gasteiger partial charge in [0.2, 0.25) is 0 Å². The van der Waals surface area contributed by atoms with Crippen LogP contribution in [0.4, 0.5) is 0 Å². The number of rotatable bonds is 3. The van der Waals surface area contributed by atoms with Crippen molar-refractivity contribution in [3.8, 4) is 0 Å². The summed E-state index contributed by atoms with van der Waals surface area (Å²) in [5, 5.41) is 1.44. The number of nitrogens with zero attached hydrogens (tertiary/aromatic N) is 2. The second-order valence-corrected chi connectivity index (χ2v) is 7.24. The van der Waals surface area contributed by atoms with Gasteiger partial charge in [-0.25, -0.2) is 0 Å². The topological polar surface area (TPSA) is 8.17 Å². The van der Waals surface area contributed by atoms with Crippen LogP contribution in [0.25, 0.3) is 10.9 Å². The molecule has 2 aromatic carbocycles. The minimum atomic E-state index is 0.610. The van der Waals surface area contributed by atoms with Gasteiger partial charge in [-0.1, -0.05) is 42.5 Å². The van der Waals surface area contributed by atoms with E-state index in [4.69, 9.17) is 0 Å². The standard InChI is InChI=1S/C22H26N2/c1-16-8-4-5-9-18(16)12-13-24-21-11-7-6-10-19(21)20-15-23(3)17(2)14-22(20)24/h4-11,17H,12-15H2,1-3H3. The van der Waals surface area contributed by atoms with Crippen LogP contribution in [-0.2, 0) is 25.9 Å². The molecule has 0 bridgehead atoms. The van der Waals surface area contributed by atoms with Crippen LogP contribution in [0.2, 0.25) is 0 Å². The van der Waals surface area contributed by atoms with Crippen molar-refractivity contribution in [2.24, 2.45) is 0 Å². The molecule has 0 amide bonds. The lowest BCUT2D eigenvalue weighted by molar-refractivity contribution is 0.228. The van der Waals surface area contributed by atoms with Gasteiger partial charge in [0, 0.05) is 42.1 Å². The number of para-hydroxylation sites is 1. The van der Waals surface area contributed by atoms with Crippen molar-refractivity contribution in [1.29, 1.82) is 0 Å². The van der Waals surface area contributed by atoms with Crippen LogP contribution < -0.4 is 0 Å². The average Bonchev–Trinajstić information content (AvgIpc) is 2.88. The first-order valence-corrected chi connectivity index (χ1v) is 8.99. The summed E-state index contributed by atoms with van der Waals surface area (Å²) in [4.78, 5) is 2.47. The fourth-order valence-electron chi connectivity index (χ4n) is 4.06. The molecular formula is C22H26N2. The zero-order valence-electron chi connectivity index (χ0n) is 14.9. The lowest BCUT2D eigenvalue weighted by Gasteiger charge is -2.31. The van der Waals surface area contributed by atoms with Gasteiger partial charge in [0.1, 0.15) is 0 Å². The second kappa shape index (κ2) is 6.10. The van der Waals surface area contributed by atoms with Crippen LogP contribution in [0.15, 0.2) is 48.5 Å². The largest absolute Gasteiger partial charge is 0.344 e. The van der Waals surface area contributed by atoms with Gasteiger partial charge in [-0.2, -0.15) is 0 Å². The first kappa shape index (κ1) is 15.5. The predicted octanol–water partition coefficient (Wildman–Crippen LogP) is 4.57. The zero-order chi connectivity index (χ0) is 16.7. The average molecular weight is 318 g/mol. The Morgan fingerprint density at radius 1 is 1.04 bits per heavy atom. The van der Waals surface area contributed by atoms with E-state index in [0.29, 0.717) is 6.04 Å². The lowest BCUT2D eigenvalue weighted by atomic mass is 10.00. The molecule has 2 nitrogen and oxygen atoms in total. The van der Waals surface area contributed by atoms with Crippen LogP contribution in [0.5, 0.6) is 0 Å². The highest BCUT2D eigenvalue weighted by Gasteiger charge is 2.26. The molecule has 1 aliphatic heterocycles. The summed E-state index contributed by atoms with van der Waals surface area (Å²) in [5.74, 6) is 0. The minimum Gasteiger partial charge on any atom is -0.344 e. The maximum absolute atomic E-state index is 2.58. The van der Waals surface area contributed by atoms with E-state index in [1.165, 1.54) is 27.6 Å². The highest BCUT2D eigenvalue weighted by Crippen LogP contribution is 2.32. The van der Waals surface area contributed by atoms with E-state index in [-0.39, 0.29) is 0 Å². The molecule has 1 atom stereocenters. The number of aromatic nitrogens is 1. The Bertz CT molecular complexity index is 875. The molecule has 0 N–H and O–H groups in total. The van der Waals surface area contributed by atoms with Gasteiger partial charge in [0.05, 0.1) is 0 Å². The highest BCUT2D eigenvalue weighted by atomic mass is 15.1. The van der Waals surface area contributed by atoms with Crippen molar-refractivity contribution in [2.75, 3.05) is 7.05 Å².